The maximum absolute atomic E-state index is 11.3. The van der Waals surface area contributed by atoms with E-state index < -0.39 is 0 Å². The summed E-state index contributed by atoms with van der Waals surface area (Å²) >= 11 is 3.36. The Morgan fingerprint density at radius 1 is 1.83 bits per heavy atom. The highest BCUT2D eigenvalue weighted by Crippen LogP contribution is 2.51. The minimum absolute atomic E-state index is 0.0712. The molecule has 0 spiro atoms. The van der Waals surface area contributed by atoms with Gasteiger partial charge in [-0.05, 0) is 13.3 Å². The second-order valence-electron chi connectivity index (χ2n) is 3.30. The zero-order valence-corrected chi connectivity index (χ0v) is 8.63. The van der Waals surface area contributed by atoms with Gasteiger partial charge in [-0.1, -0.05) is 15.9 Å². The molecule has 2 unspecified atom stereocenters. The molecule has 0 aromatic carbocycles. The summed E-state index contributed by atoms with van der Waals surface area (Å²) in [5.41, 5.74) is -0.310. The maximum atomic E-state index is 11.3. The molecule has 0 aliphatic heterocycles. The van der Waals surface area contributed by atoms with E-state index in [0.717, 1.165) is 6.42 Å². The first kappa shape index (κ1) is 9.99. The fourth-order valence-electron chi connectivity index (χ4n) is 0.919. The molecule has 0 radical (unpaired) electrons. The molecule has 12 heavy (non-hydrogen) atoms. The topological polar surface area (TPSA) is 46.5 Å². The van der Waals surface area contributed by atoms with E-state index in [-0.39, 0.29) is 22.8 Å². The molecule has 1 fully saturated rings. The van der Waals surface area contributed by atoms with Crippen LogP contribution >= 0.6 is 15.9 Å². The molecular weight excluding hydrogens is 224 g/mol. The van der Waals surface area contributed by atoms with Gasteiger partial charge in [0.1, 0.15) is 0 Å². The standard InChI is InChI=1S/C8H13BrO3/c1-8(5-6(8)9)7(11)12-4-2-3-10/h6,10H,2-5H2,1H3. The predicted octanol–water partition coefficient (Wildman–Crippen LogP) is 1.09. The Morgan fingerprint density at radius 2 is 2.42 bits per heavy atom. The maximum Gasteiger partial charge on any atom is 0.312 e. The number of hydrogen-bond acceptors (Lipinski definition) is 3. The summed E-state index contributed by atoms with van der Waals surface area (Å²) in [7, 11) is 0. The van der Waals surface area contributed by atoms with Crippen molar-refractivity contribution in [1.82, 2.24) is 0 Å². The number of esters is 1. The number of alkyl halides is 1. The number of carbonyl (C=O) groups is 1. The van der Waals surface area contributed by atoms with Crippen molar-refractivity contribution >= 4 is 21.9 Å². The van der Waals surface area contributed by atoms with Crippen molar-refractivity contribution in [3.8, 4) is 0 Å². The van der Waals surface area contributed by atoms with Crippen molar-refractivity contribution < 1.29 is 14.6 Å². The molecule has 4 heteroatoms. The molecule has 1 aliphatic carbocycles. The number of aliphatic hydroxyl groups is 1. The van der Waals surface area contributed by atoms with Crippen molar-refractivity contribution in [2.45, 2.75) is 24.6 Å². The van der Waals surface area contributed by atoms with Crippen LogP contribution in [-0.2, 0) is 9.53 Å². The lowest BCUT2D eigenvalue weighted by Crippen LogP contribution is -2.18. The third-order valence-electron chi connectivity index (χ3n) is 2.14. The molecule has 2 atom stereocenters. The van der Waals surface area contributed by atoms with E-state index in [0.29, 0.717) is 13.0 Å². The van der Waals surface area contributed by atoms with Crippen molar-refractivity contribution in [3.63, 3.8) is 0 Å². The zero-order valence-electron chi connectivity index (χ0n) is 7.05. The molecule has 0 saturated heterocycles. The Morgan fingerprint density at radius 3 is 2.83 bits per heavy atom. The first-order valence-corrected chi connectivity index (χ1v) is 4.95. The quantitative estimate of drug-likeness (QED) is 0.452. The Labute approximate surface area is 80.2 Å². The van der Waals surface area contributed by atoms with Crippen LogP contribution in [0, 0.1) is 5.41 Å². The van der Waals surface area contributed by atoms with Gasteiger partial charge in [0.25, 0.3) is 0 Å². The van der Waals surface area contributed by atoms with Gasteiger partial charge in [-0.25, -0.2) is 0 Å². The van der Waals surface area contributed by atoms with Crippen LogP contribution in [0.4, 0.5) is 0 Å². The van der Waals surface area contributed by atoms with Crippen LogP contribution in [0.2, 0.25) is 0 Å². The summed E-state index contributed by atoms with van der Waals surface area (Å²) in [6.45, 7) is 2.28. The van der Waals surface area contributed by atoms with E-state index in [1.165, 1.54) is 0 Å². The van der Waals surface area contributed by atoms with Gasteiger partial charge in [-0.3, -0.25) is 4.79 Å². The van der Waals surface area contributed by atoms with Gasteiger partial charge >= 0.3 is 5.97 Å². The van der Waals surface area contributed by atoms with E-state index in [2.05, 4.69) is 15.9 Å². The van der Waals surface area contributed by atoms with Crippen LogP contribution in [-0.4, -0.2) is 29.1 Å². The Kier molecular flexibility index (Phi) is 3.12. The third-order valence-corrected chi connectivity index (χ3v) is 3.47. The Bertz CT molecular complexity index is 183. The van der Waals surface area contributed by atoms with Crippen LogP contribution in [0.1, 0.15) is 19.8 Å². The summed E-state index contributed by atoms with van der Waals surface area (Å²) < 4.78 is 4.95. The Hall–Kier alpha value is -0.0900. The van der Waals surface area contributed by atoms with Crippen LogP contribution in [0.3, 0.4) is 0 Å². The van der Waals surface area contributed by atoms with Gasteiger partial charge in [-0.15, -0.1) is 0 Å². The summed E-state index contributed by atoms with van der Waals surface area (Å²) in [6, 6.07) is 0. The summed E-state index contributed by atoms with van der Waals surface area (Å²) in [4.78, 5) is 11.5. The zero-order chi connectivity index (χ0) is 9.19. The van der Waals surface area contributed by atoms with Gasteiger partial charge in [-0.2, -0.15) is 0 Å². The minimum atomic E-state index is -0.310. The van der Waals surface area contributed by atoms with E-state index in [1.807, 2.05) is 6.92 Å². The number of hydrogen-bond donors (Lipinski definition) is 1. The first-order chi connectivity index (χ1) is 5.61. The van der Waals surface area contributed by atoms with Crippen LogP contribution in [0.15, 0.2) is 0 Å². The van der Waals surface area contributed by atoms with Gasteiger partial charge in [0.2, 0.25) is 0 Å². The molecule has 3 nitrogen and oxygen atoms in total. The molecule has 0 aromatic heterocycles. The van der Waals surface area contributed by atoms with Crippen molar-refractivity contribution in [2.75, 3.05) is 13.2 Å². The highest BCUT2D eigenvalue weighted by molar-refractivity contribution is 9.09. The van der Waals surface area contributed by atoms with Crippen LogP contribution < -0.4 is 0 Å². The minimum Gasteiger partial charge on any atom is -0.465 e. The van der Waals surface area contributed by atoms with Gasteiger partial charge in [0.05, 0.1) is 12.0 Å². The molecular formula is C8H13BrO3. The highest BCUT2D eigenvalue weighted by atomic mass is 79.9. The van der Waals surface area contributed by atoms with E-state index >= 15 is 0 Å². The molecule has 1 N–H and O–H groups in total. The monoisotopic (exact) mass is 236 g/mol. The summed E-state index contributed by atoms with van der Waals surface area (Å²) in [5.74, 6) is -0.155. The molecule has 0 bridgehead atoms. The summed E-state index contributed by atoms with van der Waals surface area (Å²) in [5, 5.41) is 8.45. The second-order valence-corrected chi connectivity index (χ2v) is 4.41. The molecule has 0 heterocycles. The van der Waals surface area contributed by atoms with Crippen molar-refractivity contribution in [3.05, 3.63) is 0 Å². The molecule has 1 aliphatic rings. The normalized spacial score (nSPS) is 33.1. The molecule has 0 amide bonds. The number of aliphatic hydroxyl groups excluding tert-OH is 1. The van der Waals surface area contributed by atoms with Crippen LogP contribution in [0.5, 0.6) is 0 Å². The lowest BCUT2D eigenvalue weighted by atomic mass is 10.1. The smallest absolute Gasteiger partial charge is 0.312 e. The first-order valence-electron chi connectivity index (χ1n) is 4.03. The van der Waals surface area contributed by atoms with Gasteiger partial charge < -0.3 is 9.84 Å². The molecule has 70 valence electrons. The number of ether oxygens (including phenoxy) is 1. The fraction of sp³-hybridized carbons (Fsp3) is 0.875. The van der Waals surface area contributed by atoms with Crippen molar-refractivity contribution in [1.29, 1.82) is 0 Å². The second kappa shape index (κ2) is 3.75. The Balaban J connectivity index is 2.21. The number of carbonyl (C=O) groups excluding carboxylic acids is 1. The largest absolute Gasteiger partial charge is 0.465 e. The lowest BCUT2D eigenvalue weighted by Gasteiger charge is -2.08. The van der Waals surface area contributed by atoms with Gasteiger partial charge in [0.15, 0.2) is 0 Å². The van der Waals surface area contributed by atoms with E-state index in [4.69, 9.17) is 9.84 Å². The van der Waals surface area contributed by atoms with Gasteiger partial charge in [0, 0.05) is 17.9 Å². The molecule has 1 rings (SSSR count). The average molecular weight is 237 g/mol. The predicted molar refractivity (Wildman–Crippen MR) is 48.1 cm³/mol. The molecule has 0 aromatic rings. The SMILES string of the molecule is CC1(C(=O)OCCCO)CC1Br. The fourth-order valence-corrected chi connectivity index (χ4v) is 1.78. The third kappa shape index (κ3) is 1.98. The lowest BCUT2D eigenvalue weighted by molar-refractivity contribution is -0.149. The van der Waals surface area contributed by atoms with E-state index in [1.54, 1.807) is 0 Å². The van der Waals surface area contributed by atoms with Crippen molar-refractivity contribution in [2.24, 2.45) is 5.41 Å². The number of rotatable bonds is 4. The average Bonchev–Trinajstić information content (AvgIpc) is 2.62. The highest BCUT2D eigenvalue weighted by Gasteiger charge is 2.56. The summed E-state index contributed by atoms with van der Waals surface area (Å²) in [6.07, 6.45) is 1.37. The molecule has 1 saturated carbocycles. The van der Waals surface area contributed by atoms with E-state index in [9.17, 15) is 4.79 Å². The number of halogens is 1. The van der Waals surface area contributed by atoms with Crippen LogP contribution in [0.25, 0.3) is 0 Å².